The van der Waals surface area contributed by atoms with Crippen LogP contribution in [0.15, 0.2) is 53.1 Å². The fourth-order valence-corrected chi connectivity index (χ4v) is 4.98. The van der Waals surface area contributed by atoms with Gasteiger partial charge in [-0.15, -0.1) is 0 Å². The van der Waals surface area contributed by atoms with Crippen LogP contribution in [0.25, 0.3) is 0 Å². The van der Waals surface area contributed by atoms with Gasteiger partial charge < -0.3 is 19.0 Å². The van der Waals surface area contributed by atoms with E-state index in [1.165, 1.54) is 17.4 Å². The van der Waals surface area contributed by atoms with E-state index in [4.69, 9.17) is 9.15 Å². The molecule has 1 atom stereocenters. The first-order valence-corrected chi connectivity index (χ1v) is 12.8. The zero-order valence-electron chi connectivity index (χ0n) is 21.2. The molecule has 3 aromatic rings. The molecule has 0 bridgehead atoms. The first-order valence-electron chi connectivity index (χ1n) is 12.8. The largest absolute Gasteiger partial charge is 0.484 e. The van der Waals surface area contributed by atoms with E-state index in [1.54, 1.807) is 4.90 Å². The molecule has 2 heterocycles. The van der Waals surface area contributed by atoms with E-state index in [2.05, 4.69) is 47.1 Å². The van der Waals surface area contributed by atoms with Crippen molar-refractivity contribution in [3.8, 4) is 5.75 Å². The maximum atomic E-state index is 13.2. The number of benzene rings is 2. The number of amides is 2. The van der Waals surface area contributed by atoms with E-state index in [0.29, 0.717) is 24.7 Å². The average Bonchev–Trinajstić information content (AvgIpc) is 3.64. The van der Waals surface area contributed by atoms with Gasteiger partial charge >= 0.3 is 0 Å². The Labute approximate surface area is 212 Å². The summed E-state index contributed by atoms with van der Waals surface area (Å²) in [5.74, 6) is 1.30. The molecular formula is C29H33N3O4. The number of ether oxygens (including phenoxy) is 1. The Bertz CT molecular complexity index is 1260. The lowest BCUT2D eigenvalue weighted by molar-refractivity contribution is -0.134. The van der Waals surface area contributed by atoms with Crippen LogP contribution in [0, 0.1) is 12.8 Å². The molecule has 1 fully saturated rings. The van der Waals surface area contributed by atoms with Crippen LogP contribution < -0.4 is 4.74 Å². The predicted octanol–water partition coefficient (Wildman–Crippen LogP) is 4.93. The fraction of sp³-hybridized carbons (Fsp3) is 0.414. The molecule has 1 aromatic heterocycles. The van der Waals surface area contributed by atoms with Crippen molar-refractivity contribution >= 4 is 11.8 Å². The summed E-state index contributed by atoms with van der Waals surface area (Å²) in [5, 5.41) is 0. The number of nitrogens with zero attached hydrogens (tertiary/aromatic N) is 3. The number of oxazole rings is 1. The molecule has 1 aliphatic carbocycles. The molecule has 0 spiro atoms. The number of aromatic nitrogens is 1. The Kier molecular flexibility index (Phi) is 6.81. The van der Waals surface area contributed by atoms with Crippen molar-refractivity contribution in [3.63, 3.8) is 0 Å². The Hall–Kier alpha value is -3.61. The molecule has 2 aliphatic rings. The molecule has 5 rings (SSSR count). The molecule has 1 saturated carbocycles. The van der Waals surface area contributed by atoms with Crippen molar-refractivity contribution in [2.24, 2.45) is 5.92 Å². The minimum Gasteiger partial charge on any atom is -0.484 e. The Morgan fingerprint density at radius 2 is 1.94 bits per heavy atom. The van der Waals surface area contributed by atoms with Crippen LogP contribution in [-0.2, 0) is 17.8 Å². The van der Waals surface area contributed by atoms with Crippen LogP contribution in [0.5, 0.6) is 5.75 Å². The predicted molar refractivity (Wildman–Crippen MR) is 136 cm³/mol. The van der Waals surface area contributed by atoms with Gasteiger partial charge in [-0.05, 0) is 68.9 Å². The van der Waals surface area contributed by atoms with Crippen molar-refractivity contribution in [1.82, 2.24) is 14.8 Å². The van der Waals surface area contributed by atoms with Crippen molar-refractivity contribution in [1.29, 1.82) is 0 Å². The maximum Gasteiger partial charge on any atom is 0.275 e. The summed E-state index contributed by atoms with van der Waals surface area (Å²) in [5.41, 5.74) is 4.91. The van der Waals surface area contributed by atoms with Gasteiger partial charge in [-0.1, -0.05) is 35.9 Å². The van der Waals surface area contributed by atoms with Gasteiger partial charge in [0.15, 0.2) is 12.3 Å². The lowest BCUT2D eigenvalue weighted by Gasteiger charge is -2.38. The third kappa shape index (κ3) is 4.87. The standard InChI is InChI=1S/C29H33N3O4/c1-4-31(5-2)29(34)25-17-36-26(30-25)18-35-23-12-11-20-13-14-32(28(33)21-9-10-21)27(24(20)16-23)22-8-6-7-19(3)15-22/h6-8,11-12,15-17,21,27H,4-5,9-10,13-14,18H2,1-3H3. The Morgan fingerprint density at radius 1 is 1.14 bits per heavy atom. The van der Waals surface area contributed by atoms with Gasteiger partial charge in [0.25, 0.3) is 5.91 Å². The summed E-state index contributed by atoms with van der Waals surface area (Å²) in [6.45, 7) is 8.02. The Morgan fingerprint density at radius 3 is 2.67 bits per heavy atom. The zero-order valence-corrected chi connectivity index (χ0v) is 21.2. The van der Waals surface area contributed by atoms with Gasteiger partial charge in [-0.3, -0.25) is 9.59 Å². The van der Waals surface area contributed by atoms with E-state index in [-0.39, 0.29) is 36.1 Å². The van der Waals surface area contributed by atoms with Crippen LogP contribution in [0.1, 0.15) is 71.4 Å². The highest BCUT2D eigenvalue weighted by molar-refractivity contribution is 5.91. The first-order chi connectivity index (χ1) is 17.5. The van der Waals surface area contributed by atoms with Crippen molar-refractivity contribution in [2.75, 3.05) is 19.6 Å². The molecular weight excluding hydrogens is 454 g/mol. The van der Waals surface area contributed by atoms with E-state index < -0.39 is 0 Å². The second-order valence-electron chi connectivity index (χ2n) is 9.63. The highest BCUT2D eigenvalue weighted by Crippen LogP contribution is 2.41. The Balaban J connectivity index is 1.38. The fourth-order valence-electron chi connectivity index (χ4n) is 4.98. The molecule has 7 nitrogen and oxygen atoms in total. The van der Waals surface area contributed by atoms with Gasteiger partial charge in [-0.2, -0.15) is 0 Å². The van der Waals surface area contributed by atoms with Gasteiger partial charge in [-0.25, -0.2) is 4.98 Å². The van der Waals surface area contributed by atoms with Crippen molar-refractivity contribution in [2.45, 2.75) is 52.7 Å². The van der Waals surface area contributed by atoms with Crippen LogP contribution in [-0.4, -0.2) is 46.2 Å². The first kappa shape index (κ1) is 24.1. The highest BCUT2D eigenvalue weighted by atomic mass is 16.5. The molecule has 1 unspecified atom stereocenters. The molecule has 0 saturated heterocycles. The minimum absolute atomic E-state index is 0.115. The van der Waals surface area contributed by atoms with E-state index >= 15 is 0 Å². The molecule has 188 valence electrons. The van der Waals surface area contributed by atoms with E-state index in [1.807, 2.05) is 26.0 Å². The zero-order chi connectivity index (χ0) is 25.2. The van der Waals surface area contributed by atoms with E-state index in [9.17, 15) is 9.59 Å². The summed E-state index contributed by atoms with van der Waals surface area (Å²) in [6, 6.07) is 14.4. The van der Waals surface area contributed by atoms with Gasteiger partial charge in [0.1, 0.15) is 12.0 Å². The van der Waals surface area contributed by atoms with Crippen LogP contribution in [0.3, 0.4) is 0 Å². The minimum atomic E-state index is -0.148. The van der Waals surface area contributed by atoms with Gasteiger partial charge in [0, 0.05) is 25.6 Å². The topological polar surface area (TPSA) is 75.9 Å². The number of aryl methyl sites for hydroxylation is 1. The number of fused-ring (bicyclic) bond motifs is 1. The summed E-state index contributed by atoms with van der Waals surface area (Å²) >= 11 is 0. The lowest BCUT2D eigenvalue weighted by atomic mass is 9.87. The maximum absolute atomic E-state index is 13.2. The third-order valence-electron chi connectivity index (χ3n) is 7.10. The number of hydrogen-bond acceptors (Lipinski definition) is 5. The molecule has 0 radical (unpaired) electrons. The molecule has 2 aromatic carbocycles. The molecule has 1 aliphatic heterocycles. The van der Waals surface area contributed by atoms with Crippen LogP contribution in [0.4, 0.5) is 0 Å². The number of hydrogen-bond donors (Lipinski definition) is 0. The summed E-state index contributed by atoms with van der Waals surface area (Å²) < 4.78 is 11.6. The number of carbonyl (C=O) groups is 2. The quantitative estimate of drug-likeness (QED) is 0.450. The molecule has 36 heavy (non-hydrogen) atoms. The molecule has 0 N–H and O–H groups in total. The monoisotopic (exact) mass is 487 g/mol. The normalized spacial score (nSPS) is 17.0. The summed E-state index contributed by atoms with van der Waals surface area (Å²) in [4.78, 5) is 33.8. The average molecular weight is 488 g/mol. The van der Waals surface area contributed by atoms with Crippen LogP contribution >= 0.6 is 0 Å². The van der Waals surface area contributed by atoms with Gasteiger partial charge in [0.05, 0.1) is 6.04 Å². The molecule has 2 amide bonds. The third-order valence-corrected chi connectivity index (χ3v) is 7.10. The highest BCUT2D eigenvalue weighted by Gasteiger charge is 2.39. The summed E-state index contributed by atoms with van der Waals surface area (Å²) in [6.07, 6.45) is 4.19. The lowest BCUT2D eigenvalue weighted by Crippen LogP contribution is -2.41. The van der Waals surface area contributed by atoms with E-state index in [0.717, 1.165) is 36.9 Å². The van der Waals surface area contributed by atoms with Crippen LogP contribution in [0.2, 0.25) is 0 Å². The SMILES string of the molecule is CCN(CC)C(=O)c1coc(COc2ccc3c(c2)C(c2cccc(C)c2)N(C(=O)C2CC2)CC3)n1. The van der Waals surface area contributed by atoms with Crippen molar-refractivity contribution in [3.05, 3.63) is 82.6 Å². The number of rotatable bonds is 8. The second kappa shape index (κ2) is 10.2. The van der Waals surface area contributed by atoms with Crippen molar-refractivity contribution < 1.29 is 18.7 Å². The summed E-state index contributed by atoms with van der Waals surface area (Å²) in [7, 11) is 0. The van der Waals surface area contributed by atoms with Gasteiger partial charge in [0.2, 0.25) is 11.8 Å². The molecule has 7 heteroatoms. The second-order valence-corrected chi connectivity index (χ2v) is 9.63. The smallest absolute Gasteiger partial charge is 0.275 e. The number of carbonyl (C=O) groups excluding carboxylic acids is 2.